The van der Waals surface area contributed by atoms with E-state index in [1.807, 2.05) is 0 Å². The van der Waals surface area contributed by atoms with Crippen LogP contribution in [0.3, 0.4) is 0 Å². The van der Waals surface area contributed by atoms with Gasteiger partial charge in [0.1, 0.15) is 16.1 Å². The van der Waals surface area contributed by atoms with E-state index in [-0.39, 0.29) is 5.02 Å². The quantitative estimate of drug-likeness (QED) is 0.847. The number of hydrogen-bond donors (Lipinski definition) is 1. The number of benzene rings is 1. The van der Waals surface area contributed by atoms with Crippen LogP contribution in [-0.2, 0) is 10.2 Å². The van der Waals surface area contributed by atoms with Gasteiger partial charge in [-0.25, -0.2) is 4.39 Å². The fourth-order valence-electron chi connectivity index (χ4n) is 2.11. The molecule has 1 aromatic carbocycles. The summed E-state index contributed by atoms with van der Waals surface area (Å²) >= 11 is 17.6. The van der Waals surface area contributed by atoms with Gasteiger partial charge in [-0.2, -0.15) is 0 Å². The topological polar surface area (TPSA) is 37.3 Å². The minimum Gasteiger partial charge on any atom is -0.481 e. The van der Waals surface area contributed by atoms with Gasteiger partial charge in [-0.3, -0.25) is 4.79 Å². The molecule has 1 aromatic rings. The Morgan fingerprint density at radius 1 is 1.47 bits per heavy atom. The number of aliphatic carboxylic acids is 1. The summed E-state index contributed by atoms with van der Waals surface area (Å²) < 4.78 is 11.6. The molecule has 2 nitrogen and oxygen atoms in total. The summed E-state index contributed by atoms with van der Waals surface area (Å²) in [7, 11) is 0. The lowest BCUT2D eigenvalue weighted by Crippen LogP contribution is -2.12. The summed E-state index contributed by atoms with van der Waals surface area (Å²) in [6, 6.07) is 3.98. The zero-order valence-corrected chi connectivity index (χ0v) is 10.9. The summed E-state index contributed by atoms with van der Waals surface area (Å²) in [6.45, 7) is 1.62. The van der Waals surface area contributed by atoms with Crippen LogP contribution in [0.25, 0.3) is 0 Å². The number of halogens is 4. The number of carboxylic acid groups (broad SMARTS) is 1. The van der Waals surface area contributed by atoms with Crippen LogP contribution in [-0.4, -0.2) is 15.4 Å². The predicted octanol–water partition coefficient (Wildman–Crippen LogP) is 3.63. The molecule has 92 valence electrons. The van der Waals surface area contributed by atoms with Gasteiger partial charge >= 0.3 is 5.97 Å². The average molecular weight is 298 g/mol. The van der Waals surface area contributed by atoms with Crippen molar-refractivity contribution in [2.45, 2.75) is 16.7 Å². The van der Waals surface area contributed by atoms with Crippen molar-refractivity contribution in [3.63, 3.8) is 0 Å². The fourth-order valence-corrected chi connectivity index (χ4v) is 3.24. The van der Waals surface area contributed by atoms with Crippen LogP contribution >= 0.6 is 34.8 Å². The first-order valence-corrected chi connectivity index (χ1v) is 5.92. The van der Waals surface area contributed by atoms with Gasteiger partial charge in [0.25, 0.3) is 0 Å². The van der Waals surface area contributed by atoms with E-state index in [2.05, 4.69) is 0 Å². The number of hydrogen-bond acceptors (Lipinski definition) is 1. The highest BCUT2D eigenvalue weighted by Crippen LogP contribution is 2.69. The summed E-state index contributed by atoms with van der Waals surface area (Å²) in [5.41, 5.74) is -0.444. The molecule has 0 radical (unpaired) electrons. The zero-order chi connectivity index (χ0) is 13.0. The Balaban J connectivity index is 2.47. The number of rotatable bonds is 2. The molecule has 1 saturated carbocycles. The van der Waals surface area contributed by atoms with Gasteiger partial charge in [0.2, 0.25) is 0 Å². The van der Waals surface area contributed by atoms with Gasteiger partial charge in [-0.05, 0) is 17.7 Å². The third-order valence-electron chi connectivity index (χ3n) is 3.32. The maximum atomic E-state index is 13.0. The highest BCUT2D eigenvalue weighted by molar-refractivity contribution is 6.54. The minimum atomic E-state index is -1.40. The summed E-state index contributed by atoms with van der Waals surface area (Å²) in [4.78, 5) is 11.0. The standard InChI is InChI=1S/C11H8Cl3FO2/c1-10(8(9(16)17)11(10,13)14)5-2-3-7(15)6(12)4-5/h2-4,8H,1H3,(H,16,17)/t8-,10-/m0/s1. The van der Waals surface area contributed by atoms with Crippen LogP contribution in [0.15, 0.2) is 18.2 Å². The molecule has 2 rings (SSSR count). The van der Waals surface area contributed by atoms with E-state index in [0.29, 0.717) is 5.56 Å². The van der Waals surface area contributed by atoms with Crippen molar-refractivity contribution >= 4 is 40.8 Å². The van der Waals surface area contributed by atoms with Crippen molar-refractivity contribution in [1.29, 1.82) is 0 Å². The molecular formula is C11H8Cl3FO2. The van der Waals surface area contributed by atoms with E-state index in [1.165, 1.54) is 18.2 Å². The van der Waals surface area contributed by atoms with Crippen LogP contribution in [0.4, 0.5) is 4.39 Å². The number of carbonyl (C=O) groups is 1. The Hall–Kier alpha value is -0.510. The Labute approximate surface area is 112 Å². The molecule has 0 bridgehead atoms. The molecule has 0 unspecified atom stereocenters. The fraction of sp³-hybridized carbons (Fsp3) is 0.364. The summed E-state index contributed by atoms with van der Waals surface area (Å²) in [5, 5.41) is 8.95. The second-order valence-electron chi connectivity index (χ2n) is 4.23. The molecule has 0 heterocycles. The minimum absolute atomic E-state index is 0.0797. The van der Waals surface area contributed by atoms with Crippen molar-refractivity contribution in [1.82, 2.24) is 0 Å². The van der Waals surface area contributed by atoms with E-state index >= 15 is 0 Å². The lowest BCUT2D eigenvalue weighted by molar-refractivity contribution is -0.139. The molecule has 1 N–H and O–H groups in total. The largest absolute Gasteiger partial charge is 0.481 e. The van der Waals surface area contributed by atoms with Crippen molar-refractivity contribution in [2.75, 3.05) is 0 Å². The monoisotopic (exact) mass is 296 g/mol. The van der Waals surface area contributed by atoms with Crippen molar-refractivity contribution in [3.8, 4) is 0 Å². The molecule has 0 aromatic heterocycles. The smallest absolute Gasteiger partial charge is 0.310 e. The first-order valence-electron chi connectivity index (χ1n) is 4.79. The first kappa shape index (κ1) is 12.9. The molecular weight excluding hydrogens is 289 g/mol. The highest BCUT2D eigenvalue weighted by Gasteiger charge is 2.77. The average Bonchev–Trinajstić information content (AvgIpc) is 2.66. The Morgan fingerprint density at radius 3 is 2.47 bits per heavy atom. The molecule has 2 atom stereocenters. The molecule has 0 aliphatic heterocycles. The maximum absolute atomic E-state index is 13.0. The van der Waals surface area contributed by atoms with E-state index in [4.69, 9.17) is 39.9 Å². The van der Waals surface area contributed by atoms with Gasteiger partial charge < -0.3 is 5.11 Å². The summed E-state index contributed by atoms with van der Waals surface area (Å²) in [6.07, 6.45) is 0. The Morgan fingerprint density at radius 2 is 2.06 bits per heavy atom. The third-order valence-corrected chi connectivity index (χ3v) is 4.83. The molecule has 0 spiro atoms. The molecule has 17 heavy (non-hydrogen) atoms. The normalized spacial score (nSPS) is 30.1. The van der Waals surface area contributed by atoms with Gasteiger partial charge in [-0.1, -0.05) is 47.8 Å². The molecule has 1 fully saturated rings. The van der Waals surface area contributed by atoms with Crippen molar-refractivity contribution in [3.05, 3.63) is 34.6 Å². The second kappa shape index (κ2) is 3.74. The number of alkyl halides is 2. The highest BCUT2D eigenvalue weighted by atomic mass is 35.5. The van der Waals surface area contributed by atoms with E-state index in [1.54, 1.807) is 6.92 Å². The van der Waals surface area contributed by atoms with Crippen LogP contribution in [0.1, 0.15) is 12.5 Å². The van der Waals surface area contributed by atoms with Crippen molar-refractivity contribution in [2.24, 2.45) is 5.92 Å². The molecule has 0 amide bonds. The van der Waals surface area contributed by atoms with E-state index in [9.17, 15) is 9.18 Å². The van der Waals surface area contributed by atoms with E-state index in [0.717, 1.165) is 0 Å². The summed E-state index contributed by atoms with van der Waals surface area (Å²) in [5.74, 6) is -2.58. The maximum Gasteiger partial charge on any atom is 0.310 e. The van der Waals surface area contributed by atoms with Gasteiger partial charge in [0, 0.05) is 5.41 Å². The first-order chi connectivity index (χ1) is 7.73. The number of carboxylic acids is 1. The molecule has 1 aliphatic rings. The van der Waals surface area contributed by atoms with Crippen LogP contribution < -0.4 is 0 Å². The third kappa shape index (κ3) is 1.64. The lowest BCUT2D eigenvalue weighted by Gasteiger charge is -2.12. The van der Waals surface area contributed by atoms with Crippen LogP contribution in [0, 0.1) is 11.7 Å². The Kier molecular flexibility index (Phi) is 2.85. The van der Waals surface area contributed by atoms with Crippen molar-refractivity contribution < 1.29 is 14.3 Å². The van der Waals surface area contributed by atoms with Crippen LogP contribution in [0.2, 0.25) is 5.02 Å². The van der Waals surface area contributed by atoms with Gasteiger partial charge in [0.05, 0.1) is 5.02 Å². The lowest BCUT2D eigenvalue weighted by atomic mass is 9.95. The van der Waals surface area contributed by atoms with E-state index < -0.39 is 27.5 Å². The van der Waals surface area contributed by atoms with Gasteiger partial charge in [-0.15, -0.1) is 0 Å². The van der Waals surface area contributed by atoms with Gasteiger partial charge in [0.15, 0.2) is 0 Å². The zero-order valence-electron chi connectivity index (χ0n) is 8.68. The molecule has 0 saturated heterocycles. The Bertz CT molecular complexity index is 503. The SMILES string of the molecule is C[C@]1(c2ccc(F)c(Cl)c2)[C@H](C(=O)O)C1(Cl)Cl. The molecule has 6 heteroatoms. The van der Waals surface area contributed by atoms with Crippen LogP contribution in [0.5, 0.6) is 0 Å². The molecule has 1 aliphatic carbocycles. The predicted molar refractivity (Wildman–Crippen MR) is 64.3 cm³/mol. The second-order valence-corrected chi connectivity index (χ2v) is 6.02.